The Kier molecular flexibility index (Phi) is 6.53. The third-order valence-electron chi connectivity index (χ3n) is 6.29. The van der Waals surface area contributed by atoms with E-state index in [0.29, 0.717) is 28.8 Å². The van der Waals surface area contributed by atoms with Crippen molar-refractivity contribution in [2.75, 3.05) is 50.2 Å². The molecule has 2 aromatic heterocycles. The van der Waals surface area contributed by atoms with Gasteiger partial charge in [0, 0.05) is 36.8 Å². The summed E-state index contributed by atoms with van der Waals surface area (Å²) in [6.45, 7) is 3.82. The summed E-state index contributed by atoms with van der Waals surface area (Å²) in [6, 6.07) is 5.16. The van der Waals surface area contributed by atoms with Crippen LogP contribution in [-0.2, 0) is 6.18 Å². The molecule has 10 heteroatoms. The number of rotatable bonds is 5. The van der Waals surface area contributed by atoms with Gasteiger partial charge in [-0.3, -0.25) is 4.98 Å². The van der Waals surface area contributed by atoms with Crippen LogP contribution in [0.3, 0.4) is 0 Å². The van der Waals surface area contributed by atoms with Crippen LogP contribution in [0.2, 0.25) is 0 Å². The zero-order valence-corrected chi connectivity index (χ0v) is 19.8. The van der Waals surface area contributed by atoms with E-state index < -0.39 is 17.8 Å². The number of piperidine rings is 1. The zero-order chi connectivity index (χ0) is 24.6. The van der Waals surface area contributed by atoms with Gasteiger partial charge in [0.1, 0.15) is 5.82 Å². The number of aromatic nitrogens is 3. The minimum atomic E-state index is -4.47. The number of fused-ring (bicyclic) bond motifs is 1. The number of nitrogens with zero attached hydrogens (tertiary/aromatic N) is 5. The van der Waals surface area contributed by atoms with Gasteiger partial charge in [0.15, 0.2) is 0 Å². The number of benzene rings is 1. The standard InChI is InChI=1S/C24H30F3N7/c1-14(16-9-17(24(25,26)27)11-18(28)10-16)30-22-19-12-20(15-5-7-34(4)8-6-15)29-13-21(19)31-23(32-22)33(2)3/h9-15H,5-8,28H2,1-4H3,(H,30,31,32)/t14-/m1/s1. The number of hydrogen-bond acceptors (Lipinski definition) is 7. The maximum atomic E-state index is 13.3. The molecule has 0 saturated carbocycles. The third-order valence-corrected chi connectivity index (χ3v) is 6.29. The summed E-state index contributed by atoms with van der Waals surface area (Å²) >= 11 is 0. The van der Waals surface area contributed by atoms with E-state index in [9.17, 15) is 13.2 Å². The molecule has 1 atom stereocenters. The number of anilines is 3. The lowest BCUT2D eigenvalue weighted by Gasteiger charge is -2.28. The molecule has 3 aromatic rings. The van der Waals surface area contributed by atoms with Gasteiger partial charge in [-0.2, -0.15) is 18.2 Å². The van der Waals surface area contributed by atoms with Gasteiger partial charge in [-0.1, -0.05) is 0 Å². The number of pyridine rings is 1. The Morgan fingerprint density at radius 3 is 2.47 bits per heavy atom. The largest absolute Gasteiger partial charge is 0.416 e. The van der Waals surface area contributed by atoms with Crippen molar-refractivity contribution in [2.45, 2.75) is 37.9 Å². The van der Waals surface area contributed by atoms with Crippen LogP contribution in [0, 0.1) is 0 Å². The lowest BCUT2D eigenvalue weighted by molar-refractivity contribution is -0.137. The van der Waals surface area contributed by atoms with Gasteiger partial charge in [0.05, 0.1) is 23.3 Å². The average Bonchev–Trinajstić information content (AvgIpc) is 2.78. The molecule has 4 rings (SSSR count). The molecular weight excluding hydrogens is 443 g/mol. The minimum absolute atomic E-state index is 0.0637. The molecule has 3 N–H and O–H groups in total. The number of likely N-dealkylation sites (tertiary alicyclic amines) is 1. The number of nitrogen functional groups attached to an aromatic ring is 1. The normalized spacial score (nSPS) is 16.6. The molecule has 0 bridgehead atoms. The van der Waals surface area contributed by atoms with E-state index >= 15 is 0 Å². The highest BCUT2D eigenvalue weighted by Gasteiger charge is 2.31. The third kappa shape index (κ3) is 5.16. The predicted molar refractivity (Wildman–Crippen MR) is 129 cm³/mol. The maximum Gasteiger partial charge on any atom is 0.416 e. The van der Waals surface area contributed by atoms with Crippen LogP contribution in [-0.4, -0.2) is 54.1 Å². The van der Waals surface area contributed by atoms with Gasteiger partial charge in [0.25, 0.3) is 0 Å². The fourth-order valence-electron chi connectivity index (χ4n) is 4.25. The molecule has 3 heterocycles. The Balaban J connectivity index is 1.72. The molecule has 0 spiro atoms. The SMILES string of the molecule is C[C@@H](Nc1nc(N(C)C)nc2cnc(C3CCN(C)CC3)cc12)c1cc(N)cc(C(F)(F)F)c1. The van der Waals surface area contributed by atoms with Crippen molar-refractivity contribution in [1.82, 2.24) is 19.9 Å². The molecule has 1 aromatic carbocycles. The van der Waals surface area contributed by atoms with E-state index in [-0.39, 0.29) is 5.69 Å². The molecule has 182 valence electrons. The van der Waals surface area contributed by atoms with Crippen LogP contribution in [0.25, 0.3) is 10.9 Å². The maximum absolute atomic E-state index is 13.3. The summed E-state index contributed by atoms with van der Waals surface area (Å²) in [7, 11) is 5.79. The minimum Gasteiger partial charge on any atom is -0.399 e. The van der Waals surface area contributed by atoms with Crippen molar-refractivity contribution in [3.8, 4) is 0 Å². The van der Waals surface area contributed by atoms with Crippen molar-refractivity contribution in [3.63, 3.8) is 0 Å². The number of halogens is 3. The Bertz CT molecular complexity index is 1170. The highest BCUT2D eigenvalue weighted by atomic mass is 19.4. The van der Waals surface area contributed by atoms with Crippen molar-refractivity contribution in [3.05, 3.63) is 47.3 Å². The number of nitrogens with one attached hydrogen (secondary N) is 1. The van der Waals surface area contributed by atoms with E-state index in [1.54, 1.807) is 24.1 Å². The quantitative estimate of drug-likeness (QED) is 0.521. The Morgan fingerprint density at radius 1 is 1.12 bits per heavy atom. The van der Waals surface area contributed by atoms with Gasteiger partial charge < -0.3 is 20.9 Å². The van der Waals surface area contributed by atoms with Crippen molar-refractivity contribution in [1.29, 1.82) is 0 Å². The number of hydrogen-bond donors (Lipinski definition) is 2. The fourth-order valence-corrected chi connectivity index (χ4v) is 4.25. The second-order valence-corrected chi connectivity index (χ2v) is 9.22. The van der Waals surface area contributed by atoms with Crippen LogP contribution in [0.15, 0.2) is 30.5 Å². The van der Waals surface area contributed by atoms with E-state index in [1.165, 1.54) is 0 Å². The molecule has 0 aliphatic carbocycles. The van der Waals surface area contributed by atoms with Crippen LogP contribution >= 0.6 is 0 Å². The summed E-state index contributed by atoms with van der Waals surface area (Å²) < 4.78 is 40.0. The van der Waals surface area contributed by atoms with Gasteiger partial charge in [-0.25, -0.2) is 4.98 Å². The molecule has 1 fully saturated rings. The van der Waals surface area contributed by atoms with Crippen LogP contribution < -0.4 is 16.0 Å². The molecule has 1 aliphatic rings. The first-order chi connectivity index (χ1) is 16.0. The summed E-state index contributed by atoms with van der Waals surface area (Å²) in [4.78, 5) is 18.1. The first kappa shape index (κ1) is 24.0. The summed E-state index contributed by atoms with van der Waals surface area (Å²) in [5.74, 6) is 1.39. The molecular formula is C24H30F3N7. The molecule has 1 aliphatic heterocycles. The van der Waals surface area contributed by atoms with Gasteiger partial charge in [-0.15, -0.1) is 0 Å². The van der Waals surface area contributed by atoms with Crippen LogP contribution in [0.1, 0.15) is 48.5 Å². The van der Waals surface area contributed by atoms with Gasteiger partial charge >= 0.3 is 6.18 Å². The smallest absolute Gasteiger partial charge is 0.399 e. The Labute approximate surface area is 197 Å². The molecule has 1 saturated heterocycles. The zero-order valence-electron chi connectivity index (χ0n) is 19.8. The van der Waals surface area contributed by atoms with Crippen LogP contribution in [0.5, 0.6) is 0 Å². The Hall–Kier alpha value is -3.14. The second kappa shape index (κ2) is 9.25. The van der Waals surface area contributed by atoms with E-state index in [2.05, 4.69) is 32.2 Å². The lowest BCUT2D eigenvalue weighted by Crippen LogP contribution is -2.29. The van der Waals surface area contributed by atoms with E-state index in [1.807, 2.05) is 20.2 Å². The van der Waals surface area contributed by atoms with Gasteiger partial charge in [-0.05, 0) is 69.7 Å². The fraction of sp³-hybridized carbons (Fsp3) is 0.458. The second-order valence-electron chi connectivity index (χ2n) is 9.22. The van der Waals surface area contributed by atoms with Crippen molar-refractivity contribution in [2.24, 2.45) is 0 Å². The Morgan fingerprint density at radius 2 is 1.82 bits per heavy atom. The van der Waals surface area contributed by atoms with Crippen molar-refractivity contribution >= 4 is 28.4 Å². The summed E-state index contributed by atoms with van der Waals surface area (Å²) in [5, 5.41) is 4.10. The van der Waals surface area contributed by atoms with E-state index in [0.717, 1.165) is 49.1 Å². The summed E-state index contributed by atoms with van der Waals surface area (Å²) in [5.41, 5.74) is 7.16. The van der Waals surface area contributed by atoms with Gasteiger partial charge in [0.2, 0.25) is 5.95 Å². The average molecular weight is 474 g/mol. The first-order valence-corrected chi connectivity index (χ1v) is 11.3. The molecule has 0 amide bonds. The molecule has 0 radical (unpaired) electrons. The van der Waals surface area contributed by atoms with Crippen LogP contribution in [0.4, 0.5) is 30.6 Å². The topological polar surface area (TPSA) is 83.2 Å². The monoisotopic (exact) mass is 473 g/mol. The molecule has 0 unspecified atom stereocenters. The lowest BCUT2D eigenvalue weighted by atomic mass is 9.93. The van der Waals surface area contributed by atoms with Crippen molar-refractivity contribution < 1.29 is 13.2 Å². The highest BCUT2D eigenvalue weighted by molar-refractivity contribution is 5.90. The van der Waals surface area contributed by atoms with E-state index in [4.69, 9.17) is 5.73 Å². The summed E-state index contributed by atoms with van der Waals surface area (Å²) in [6.07, 6.45) is -0.670. The number of alkyl halides is 3. The first-order valence-electron chi connectivity index (χ1n) is 11.3. The molecule has 34 heavy (non-hydrogen) atoms. The highest BCUT2D eigenvalue weighted by Crippen LogP contribution is 2.35. The number of nitrogens with two attached hydrogens (primary N) is 1. The molecule has 7 nitrogen and oxygen atoms in total. The predicted octanol–water partition coefficient (Wildman–Crippen LogP) is 4.67.